The van der Waals surface area contributed by atoms with E-state index in [1.807, 2.05) is 0 Å². The molecule has 1 aliphatic rings. The van der Waals surface area contributed by atoms with Crippen LogP contribution >= 0.6 is 11.3 Å². The minimum atomic E-state index is 0.0512. The number of thiophene rings is 1. The molecule has 0 aliphatic heterocycles. The highest BCUT2D eigenvalue weighted by molar-refractivity contribution is 7.18. The van der Waals surface area contributed by atoms with Crippen molar-refractivity contribution in [2.75, 3.05) is 24.2 Å². The van der Waals surface area contributed by atoms with Gasteiger partial charge in [-0.1, -0.05) is 6.92 Å². The van der Waals surface area contributed by atoms with Gasteiger partial charge in [0.05, 0.1) is 12.0 Å². The summed E-state index contributed by atoms with van der Waals surface area (Å²) in [6, 6.07) is 2.13. The summed E-state index contributed by atoms with van der Waals surface area (Å²) in [7, 11) is 0. The molecule has 0 bridgehead atoms. The molecule has 0 radical (unpaired) electrons. The van der Waals surface area contributed by atoms with Gasteiger partial charge in [-0.2, -0.15) is 4.98 Å². The first-order valence-electron chi connectivity index (χ1n) is 6.56. The van der Waals surface area contributed by atoms with Gasteiger partial charge in [0, 0.05) is 16.8 Å². The van der Waals surface area contributed by atoms with Crippen molar-refractivity contribution < 1.29 is 5.11 Å². The summed E-state index contributed by atoms with van der Waals surface area (Å²) in [6.07, 6.45) is 3.13. The number of aliphatic hydroxyl groups is 1. The fraction of sp³-hybridized carbons (Fsp3) is 0.538. The summed E-state index contributed by atoms with van der Waals surface area (Å²) in [5, 5.41) is 13.7. The Kier molecular flexibility index (Phi) is 3.06. The number of nitrogens with zero attached hydrogens (tertiary/aromatic N) is 2. The van der Waals surface area contributed by atoms with E-state index in [2.05, 4.69) is 28.3 Å². The summed E-state index contributed by atoms with van der Waals surface area (Å²) in [5.41, 5.74) is 5.81. The highest BCUT2D eigenvalue weighted by atomic mass is 32.1. The highest BCUT2D eigenvalue weighted by Gasteiger charge is 2.41. The Hall–Kier alpha value is -1.40. The van der Waals surface area contributed by atoms with Crippen LogP contribution in [0.25, 0.3) is 10.2 Å². The quantitative estimate of drug-likeness (QED) is 0.779. The zero-order chi connectivity index (χ0) is 13.5. The van der Waals surface area contributed by atoms with Crippen molar-refractivity contribution in [2.45, 2.75) is 26.2 Å². The van der Waals surface area contributed by atoms with Crippen molar-refractivity contribution in [3.63, 3.8) is 0 Å². The van der Waals surface area contributed by atoms with Gasteiger partial charge in [-0.3, -0.25) is 0 Å². The highest BCUT2D eigenvalue weighted by Crippen LogP contribution is 2.45. The maximum Gasteiger partial charge on any atom is 0.223 e. The Morgan fingerprint density at radius 1 is 1.47 bits per heavy atom. The summed E-state index contributed by atoms with van der Waals surface area (Å²) in [4.78, 5) is 10.8. The number of nitrogen functional groups attached to an aromatic ring is 1. The molecule has 2 aromatic heterocycles. The molecule has 102 valence electrons. The Morgan fingerprint density at radius 2 is 2.26 bits per heavy atom. The molecule has 0 amide bonds. The Labute approximate surface area is 115 Å². The fourth-order valence-electron chi connectivity index (χ4n) is 2.14. The third-order valence-electron chi connectivity index (χ3n) is 3.73. The predicted molar refractivity (Wildman–Crippen MR) is 78.4 cm³/mol. The number of aromatic nitrogens is 2. The molecule has 1 saturated carbocycles. The molecule has 19 heavy (non-hydrogen) atoms. The van der Waals surface area contributed by atoms with Gasteiger partial charge in [0.25, 0.3) is 0 Å². The van der Waals surface area contributed by atoms with Crippen LogP contribution in [0.5, 0.6) is 0 Å². The van der Waals surface area contributed by atoms with Gasteiger partial charge in [0.2, 0.25) is 5.95 Å². The molecule has 0 atom stereocenters. The van der Waals surface area contributed by atoms with Crippen LogP contribution < -0.4 is 11.1 Å². The molecule has 6 heteroatoms. The Bertz CT molecular complexity index is 606. The van der Waals surface area contributed by atoms with Crippen LogP contribution in [0.4, 0.5) is 11.8 Å². The summed E-state index contributed by atoms with van der Waals surface area (Å²) in [6.45, 7) is 3.10. The number of fused-ring (bicyclic) bond motifs is 1. The second kappa shape index (κ2) is 4.61. The smallest absolute Gasteiger partial charge is 0.223 e. The molecule has 2 aromatic rings. The second-order valence-electron chi connectivity index (χ2n) is 5.23. The molecule has 4 N–H and O–H groups in total. The van der Waals surface area contributed by atoms with Crippen molar-refractivity contribution in [3.8, 4) is 0 Å². The lowest BCUT2D eigenvalue weighted by Gasteiger charge is -2.13. The monoisotopic (exact) mass is 278 g/mol. The fourth-order valence-corrected chi connectivity index (χ4v) is 3.11. The van der Waals surface area contributed by atoms with E-state index in [1.165, 1.54) is 4.88 Å². The van der Waals surface area contributed by atoms with Crippen molar-refractivity contribution in [2.24, 2.45) is 5.41 Å². The van der Waals surface area contributed by atoms with Crippen molar-refractivity contribution in [1.29, 1.82) is 0 Å². The van der Waals surface area contributed by atoms with E-state index < -0.39 is 0 Å². The number of rotatable bonds is 5. The lowest BCUT2D eigenvalue weighted by Crippen LogP contribution is -2.20. The molecule has 0 unspecified atom stereocenters. The molecular weight excluding hydrogens is 260 g/mol. The number of hydrogen-bond donors (Lipinski definition) is 3. The minimum absolute atomic E-state index is 0.0512. The van der Waals surface area contributed by atoms with Crippen molar-refractivity contribution >= 4 is 33.3 Å². The van der Waals surface area contributed by atoms with Crippen LogP contribution in [-0.2, 0) is 6.42 Å². The number of nitrogens with one attached hydrogen (secondary N) is 1. The van der Waals surface area contributed by atoms with E-state index in [-0.39, 0.29) is 12.0 Å². The zero-order valence-electron chi connectivity index (χ0n) is 10.9. The standard InChI is InChI=1S/C13H18N4OS/c1-2-8-5-9-10(15-6-13(7-18)3-4-13)16-12(14)17-11(9)19-8/h5,18H,2-4,6-7H2,1H3,(H3,14,15,16,17). The van der Waals surface area contributed by atoms with Crippen LogP contribution in [0.3, 0.4) is 0 Å². The number of nitrogens with two attached hydrogens (primary N) is 1. The maximum atomic E-state index is 9.35. The van der Waals surface area contributed by atoms with Gasteiger partial charge in [0.15, 0.2) is 0 Å². The molecule has 3 rings (SSSR count). The number of hydrogen-bond acceptors (Lipinski definition) is 6. The van der Waals surface area contributed by atoms with E-state index in [4.69, 9.17) is 5.73 Å². The Morgan fingerprint density at radius 3 is 2.89 bits per heavy atom. The normalized spacial score (nSPS) is 16.7. The summed E-state index contributed by atoms with van der Waals surface area (Å²) in [5.74, 6) is 1.09. The van der Waals surface area contributed by atoms with E-state index >= 15 is 0 Å². The van der Waals surface area contributed by atoms with E-state index in [0.29, 0.717) is 5.95 Å². The van der Waals surface area contributed by atoms with Crippen molar-refractivity contribution in [3.05, 3.63) is 10.9 Å². The van der Waals surface area contributed by atoms with E-state index in [9.17, 15) is 5.11 Å². The van der Waals surface area contributed by atoms with Crippen LogP contribution in [-0.4, -0.2) is 28.2 Å². The van der Waals surface area contributed by atoms with E-state index in [1.54, 1.807) is 11.3 Å². The van der Waals surface area contributed by atoms with Gasteiger partial charge in [-0.25, -0.2) is 4.98 Å². The van der Waals surface area contributed by atoms with E-state index in [0.717, 1.165) is 41.8 Å². The largest absolute Gasteiger partial charge is 0.396 e. The Balaban J connectivity index is 1.90. The van der Waals surface area contributed by atoms with Gasteiger partial charge >= 0.3 is 0 Å². The average molecular weight is 278 g/mol. The van der Waals surface area contributed by atoms with Gasteiger partial charge in [-0.15, -0.1) is 11.3 Å². The molecule has 1 aliphatic carbocycles. The van der Waals surface area contributed by atoms with Crippen LogP contribution in [0.15, 0.2) is 6.07 Å². The maximum absolute atomic E-state index is 9.35. The van der Waals surface area contributed by atoms with Gasteiger partial charge in [-0.05, 0) is 25.3 Å². The lowest BCUT2D eigenvalue weighted by atomic mass is 10.1. The third-order valence-corrected chi connectivity index (χ3v) is 4.91. The van der Waals surface area contributed by atoms with Gasteiger partial charge in [0.1, 0.15) is 10.6 Å². The third kappa shape index (κ3) is 2.37. The number of anilines is 2. The van der Waals surface area contributed by atoms with Crippen molar-refractivity contribution in [1.82, 2.24) is 9.97 Å². The first kappa shape index (κ1) is 12.6. The lowest BCUT2D eigenvalue weighted by molar-refractivity contribution is 0.219. The molecule has 1 fully saturated rings. The number of aryl methyl sites for hydroxylation is 1. The van der Waals surface area contributed by atoms with Crippen LogP contribution in [0, 0.1) is 5.41 Å². The number of aliphatic hydroxyl groups excluding tert-OH is 1. The predicted octanol–water partition coefficient (Wildman–Crippen LogP) is 2.02. The zero-order valence-corrected chi connectivity index (χ0v) is 11.8. The minimum Gasteiger partial charge on any atom is -0.396 e. The average Bonchev–Trinajstić information content (AvgIpc) is 3.08. The SMILES string of the molecule is CCc1cc2c(NCC3(CO)CC3)nc(N)nc2s1. The molecule has 2 heterocycles. The van der Waals surface area contributed by atoms with Crippen LogP contribution in [0.2, 0.25) is 0 Å². The molecule has 0 aromatic carbocycles. The first-order chi connectivity index (χ1) is 9.15. The van der Waals surface area contributed by atoms with Gasteiger partial charge < -0.3 is 16.2 Å². The molecule has 0 saturated heterocycles. The second-order valence-corrected chi connectivity index (χ2v) is 6.34. The molecular formula is C13H18N4OS. The molecule has 0 spiro atoms. The molecule has 5 nitrogen and oxygen atoms in total. The summed E-state index contributed by atoms with van der Waals surface area (Å²) < 4.78 is 0. The topological polar surface area (TPSA) is 84.1 Å². The first-order valence-corrected chi connectivity index (χ1v) is 7.38. The van der Waals surface area contributed by atoms with Crippen LogP contribution in [0.1, 0.15) is 24.6 Å². The summed E-state index contributed by atoms with van der Waals surface area (Å²) >= 11 is 1.66.